The van der Waals surface area contributed by atoms with Crippen LogP contribution in [0.25, 0.3) is 11.1 Å². The van der Waals surface area contributed by atoms with Gasteiger partial charge in [0.25, 0.3) is 0 Å². The number of nitrogens with zero attached hydrogens (tertiary/aromatic N) is 3. The summed E-state index contributed by atoms with van der Waals surface area (Å²) in [4.78, 5) is 16.4. The Hall–Kier alpha value is -2.45. The third-order valence-electron chi connectivity index (χ3n) is 5.21. The van der Waals surface area contributed by atoms with Crippen LogP contribution in [0.1, 0.15) is 24.0 Å². The number of aromatic nitrogens is 3. The Morgan fingerprint density at radius 1 is 1.13 bits per heavy atom. The molecule has 2 heterocycles. The third-order valence-corrected chi connectivity index (χ3v) is 5.21. The number of hydrogen-bond acceptors (Lipinski definition) is 5. The number of amides is 1. The number of benzene rings is 2. The first-order valence-corrected chi connectivity index (χ1v) is 9.86. The Kier molecular flexibility index (Phi) is 9.45. The van der Waals surface area contributed by atoms with Gasteiger partial charge in [0, 0.05) is 13.1 Å². The monoisotopic (exact) mass is 463 g/mol. The molecular weight excluding hydrogens is 437 g/mol. The summed E-state index contributed by atoms with van der Waals surface area (Å²) in [6, 6.07) is 16.5. The first-order chi connectivity index (χ1) is 14.2. The van der Waals surface area contributed by atoms with Crippen molar-refractivity contribution in [2.45, 2.75) is 38.1 Å². The quantitative estimate of drug-likeness (QED) is 0.561. The fraction of sp³-hybridized carbons (Fsp3) is 0.318. The molecule has 31 heavy (non-hydrogen) atoms. The largest absolute Gasteiger partial charge is 0.364 e. The molecule has 3 N–H and O–H groups in total. The van der Waals surface area contributed by atoms with Gasteiger partial charge in [-0.3, -0.25) is 4.79 Å². The van der Waals surface area contributed by atoms with Crippen molar-refractivity contribution in [1.82, 2.24) is 20.1 Å². The van der Waals surface area contributed by atoms with E-state index in [0.717, 1.165) is 35.1 Å². The predicted octanol–water partition coefficient (Wildman–Crippen LogP) is 2.96. The summed E-state index contributed by atoms with van der Waals surface area (Å²) in [6.45, 7) is 1.60. The highest BCUT2D eigenvalue weighted by Gasteiger charge is 2.29. The molecule has 0 bridgehead atoms. The Morgan fingerprint density at radius 3 is 2.58 bits per heavy atom. The summed E-state index contributed by atoms with van der Waals surface area (Å²) < 4.78 is 7.47. The van der Waals surface area contributed by atoms with E-state index in [1.54, 1.807) is 11.0 Å². The zero-order chi connectivity index (χ0) is 20.1. The van der Waals surface area contributed by atoms with E-state index in [9.17, 15) is 4.79 Å². The van der Waals surface area contributed by atoms with Gasteiger partial charge in [-0.05, 0) is 35.1 Å². The molecule has 1 saturated heterocycles. The van der Waals surface area contributed by atoms with Gasteiger partial charge in [0.2, 0.25) is 5.91 Å². The lowest BCUT2D eigenvalue weighted by Gasteiger charge is -2.15. The van der Waals surface area contributed by atoms with Crippen LogP contribution >= 0.6 is 24.8 Å². The van der Waals surface area contributed by atoms with Crippen molar-refractivity contribution in [1.29, 1.82) is 0 Å². The van der Waals surface area contributed by atoms with E-state index in [-0.39, 0.29) is 36.8 Å². The van der Waals surface area contributed by atoms with Crippen molar-refractivity contribution in [2.24, 2.45) is 5.73 Å². The molecule has 0 spiro atoms. The number of hydrogen-bond donors (Lipinski definition) is 2. The van der Waals surface area contributed by atoms with Crippen LogP contribution < -0.4 is 11.1 Å². The van der Waals surface area contributed by atoms with Crippen molar-refractivity contribution >= 4 is 30.7 Å². The lowest BCUT2D eigenvalue weighted by atomic mass is 9.98. The molecule has 0 radical (unpaired) electrons. The fourth-order valence-electron chi connectivity index (χ4n) is 3.62. The topological polar surface area (TPSA) is 95.1 Å². The number of nitrogens with two attached hydrogens (primary N) is 1. The van der Waals surface area contributed by atoms with Gasteiger partial charge in [-0.2, -0.15) is 5.10 Å². The zero-order valence-electron chi connectivity index (χ0n) is 17.0. The second kappa shape index (κ2) is 11.8. The summed E-state index contributed by atoms with van der Waals surface area (Å²) in [5.41, 5.74) is 10.1. The minimum absolute atomic E-state index is 0. The van der Waals surface area contributed by atoms with Gasteiger partial charge in [-0.25, -0.2) is 9.67 Å². The molecule has 1 amide bonds. The molecular formula is C22H27Cl2N5O2. The van der Waals surface area contributed by atoms with E-state index < -0.39 is 6.10 Å². The van der Waals surface area contributed by atoms with Gasteiger partial charge in [-0.15, -0.1) is 24.8 Å². The Balaban J connectivity index is 0.00000171. The molecule has 2 atom stereocenters. The second-order valence-electron chi connectivity index (χ2n) is 7.22. The van der Waals surface area contributed by atoms with E-state index in [1.807, 2.05) is 18.2 Å². The number of carbonyl (C=O) groups is 1. The Labute approximate surface area is 194 Å². The minimum Gasteiger partial charge on any atom is -0.364 e. The number of rotatable bonds is 7. The third kappa shape index (κ3) is 6.27. The van der Waals surface area contributed by atoms with Gasteiger partial charge >= 0.3 is 0 Å². The highest BCUT2D eigenvalue weighted by atomic mass is 35.5. The first kappa shape index (κ1) is 24.8. The highest BCUT2D eigenvalue weighted by molar-refractivity contribution is 5.85. The molecule has 166 valence electrons. The standard InChI is InChI=1S/C22H25N5O2.2ClH/c23-11-19-9-10-21(29-19)22(28)25-12-18-3-1-2-4-20(18)17-7-5-16(6-8-17)13-27-15-24-14-26-27;;/h1-8,14-15,19,21H,9-13,23H2,(H,25,28);2*1H/t19-,21+;;/m1../s1. The maximum Gasteiger partial charge on any atom is 0.249 e. The summed E-state index contributed by atoms with van der Waals surface area (Å²) in [5, 5.41) is 7.15. The molecule has 7 nitrogen and oxygen atoms in total. The second-order valence-corrected chi connectivity index (χ2v) is 7.22. The molecule has 1 aromatic heterocycles. The number of nitrogens with one attached hydrogen (secondary N) is 1. The van der Waals surface area contributed by atoms with Crippen LogP contribution in [0.15, 0.2) is 61.2 Å². The summed E-state index contributed by atoms with van der Waals surface area (Å²) in [7, 11) is 0. The van der Waals surface area contributed by atoms with Gasteiger partial charge in [0.1, 0.15) is 18.8 Å². The molecule has 0 aliphatic carbocycles. The fourth-order valence-corrected chi connectivity index (χ4v) is 3.62. The zero-order valence-corrected chi connectivity index (χ0v) is 18.6. The van der Waals surface area contributed by atoms with Crippen LogP contribution in [0.5, 0.6) is 0 Å². The molecule has 1 aliphatic rings. The van der Waals surface area contributed by atoms with Crippen LogP contribution in [0.2, 0.25) is 0 Å². The molecule has 1 fully saturated rings. The smallest absolute Gasteiger partial charge is 0.249 e. The normalized spacial score (nSPS) is 17.5. The van der Waals surface area contributed by atoms with Crippen LogP contribution in [0.3, 0.4) is 0 Å². The predicted molar refractivity (Wildman–Crippen MR) is 124 cm³/mol. The van der Waals surface area contributed by atoms with Crippen molar-refractivity contribution in [3.8, 4) is 11.1 Å². The van der Waals surface area contributed by atoms with Crippen molar-refractivity contribution in [3.63, 3.8) is 0 Å². The van der Waals surface area contributed by atoms with Crippen LogP contribution in [-0.4, -0.2) is 39.4 Å². The van der Waals surface area contributed by atoms with E-state index >= 15 is 0 Å². The van der Waals surface area contributed by atoms with Crippen LogP contribution in [0, 0.1) is 0 Å². The number of halogens is 2. The molecule has 0 unspecified atom stereocenters. The van der Waals surface area contributed by atoms with Crippen molar-refractivity contribution in [3.05, 3.63) is 72.3 Å². The lowest BCUT2D eigenvalue weighted by Crippen LogP contribution is -2.35. The van der Waals surface area contributed by atoms with Crippen molar-refractivity contribution < 1.29 is 9.53 Å². The maximum absolute atomic E-state index is 12.4. The lowest BCUT2D eigenvalue weighted by molar-refractivity contribution is -0.132. The minimum atomic E-state index is -0.396. The van der Waals surface area contributed by atoms with Crippen molar-refractivity contribution in [2.75, 3.05) is 6.54 Å². The first-order valence-electron chi connectivity index (χ1n) is 9.86. The molecule has 4 rings (SSSR count). The Bertz CT molecular complexity index is 951. The molecule has 3 aromatic rings. The van der Waals surface area contributed by atoms with Gasteiger partial charge < -0.3 is 15.8 Å². The summed E-state index contributed by atoms with van der Waals surface area (Å²) >= 11 is 0. The van der Waals surface area contributed by atoms with E-state index in [2.05, 4.69) is 45.7 Å². The Morgan fingerprint density at radius 2 is 1.90 bits per heavy atom. The summed E-state index contributed by atoms with van der Waals surface area (Å²) in [6.07, 6.45) is 4.40. The van der Waals surface area contributed by atoms with E-state index in [0.29, 0.717) is 19.6 Å². The SMILES string of the molecule is Cl.Cl.NC[C@H]1CC[C@@H](C(=O)NCc2ccccc2-c2ccc(Cn3cncn3)cc2)O1. The maximum atomic E-state index is 12.4. The molecule has 9 heteroatoms. The average Bonchev–Trinajstić information content (AvgIpc) is 3.45. The highest BCUT2D eigenvalue weighted by Crippen LogP contribution is 2.25. The van der Waals surface area contributed by atoms with E-state index in [4.69, 9.17) is 10.5 Å². The average molecular weight is 464 g/mol. The van der Waals surface area contributed by atoms with Gasteiger partial charge in [0.15, 0.2) is 0 Å². The van der Waals surface area contributed by atoms with Gasteiger partial charge in [0.05, 0.1) is 12.6 Å². The van der Waals surface area contributed by atoms with E-state index in [1.165, 1.54) is 6.33 Å². The van der Waals surface area contributed by atoms with Crippen LogP contribution in [-0.2, 0) is 22.6 Å². The number of carbonyl (C=O) groups excluding carboxylic acids is 1. The van der Waals surface area contributed by atoms with Gasteiger partial charge in [-0.1, -0.05) is 48.5 Å². The summed E-state index contributed by atoms with van der Waals surface area (Å²) in [5.74, 6) is -0.0704. The van der Waals surface area contributed by atoms with Crippen LogP contribution in [0.4, 0.5) is 0 Å². The molecule has 1 aliphatic heterocycles. The molecule has 0 saturated carbocycles. The molecule has 2 aromatic carbocycles. The number of ether oxygens (including phenoxy) is 1.